The lowest BCUT2D eigenvalue weighted by molar-refractivity contribution is 0.102. The molecule has 1 aromatic carbocycles. The average Bonchev–Trinajstić information content (AvgIpc) is 2.60. The van der Waals surface area contributed by atoms with Gasteiger partial charge in [-0.25, -0.2) is 4.98 Å². The maximum absolute atomic E-state index is 12.3. The number of hydrogen-bond acceptors (Lipinski definition) is 4. The highest BCUT2D eigenvalue weighted by Gasteiger charge is 2.08. The predicted octanol–water partition coefficient (Wildman–Crippen LogP) is 3.96. The van der Waals surface area contributed by atoms with E-state index in [1.165, 1.54) is 0 Å². The summed E-state index contributed by atoms with van der Waals surface area (Å²) in [4.78, 5) is 20.6. The minimum atomic E-state index is -0.217. The SMILES string of the molecule is Cc1cc(C)cc(NC(=O)c2ccc(NCc3ccncc3)cn2)c1. The minimum Gasteiger partial charge on any atom is -0.380 e. The van der Waals surface area contributed by atoms with Crippen molar-refractivity contribution in [1.82, 2.24) is 9.97 Å². The van der Waals surface area contributed by atoms with E-state index in [9.17, 15) is 4.79 Å². The van der Waals surface area contributed by atoms with E-state index in [0.29, 0.717) is 12.2 Å². The van der Waals surface area contributed by atoms with E-state index < -0.39 is 0 Å². The first-order valence-electron chi connectivity index (χ1n) is 8.08. The standard InChI is InChI=1S/C20H20N4O/c1-14-9-15(2)11-18(10-14)24-20(25)19-4-3-17(13-23-19)22-12-16-5-7-21-8-6-16/h3-11,13,22H,12H2,1-2H3,(H,24,25). The van der Waals surface area contributed by atoms with Crippen LogP contribution in [0.15, 0.2) is 61.1 Å². The van der Waals surface area contributed by atoms with Crippen LogP contribution in [-0.4, -0.2) is 15.9 Å². The molecule has 0 aliphatic carbocycles. The highest BCUT2D eigenvalue weighted by molar-refractivity contribution is 6.03. The Balaban J connectivity index is 1.62. The number of benzene rings is 1. The molecule has 3 aromatic rings. The van der Waals surface area contributed by atoms with Crippen molar-refractivity contribution in [2.75, 3.05) is 10.6 Å². The molecule has 5 nitrogen and oxygen atoms in total. The Morgan fingerprint density at radius 1 is 0.960 bits per heavy atom. The second kappa shape index (κ2) is 7.57. The Labute approximate surface area is 147 Å². The Bertz CT molecular complexity index is 840. The summed E-state index contributed by atoms with van der Waals surface area (Å²) in [5.74, 6) is -0.217. The normalized spacial score (nSPS) is 10.3. The minimum absolute atomic E-state index is 0.217. The van der Waals surface area contributed by atoms with Gasteiger partial charge in [0.15, 0.2) is 0 Å². The number of aromatic nitrogens is 2. The molecule has 0 saturated carbocycles. The van der Waals surface area contributed by atoms with Crippen molar-refractivity contribution in [2.45, 2.75) is 20.4 Å². The fourth-order valence-electron chi connectivity index (χ4n) is 2.58. The first-order chi connectivity index (χ1) is 12.1. The third-order valence-corrected chi connectivity index (χ3v) is 3.72. The van der Waals surface area contributed by atoms with Crippen LogP contribution in [0, 0.1) is 13.8 Å². The second-order valence-electron chi connectivity index (χ2n) is 5.97. The molecule has 0 spiro atoms. The van der Waals surface area contributed by atoms with Gasteiger partial charge in [-0.3, -0.25) is 9.78 Å². The molecular formula is C20H20N4O. The lowest BCUT2D eigenvalue weighted by atomic mass is 10.1. The number of carbonyl (C=O) groups excluding carboxylic acids is 1. The largest absolute Gasteiger partial charge is 0.380 e. The van der Waals surface area contributed by atoms with Crippen LogP contribution in [-0.2, 0) is 6.54 Å². The van der Waals surface area contributed by atoms with Gasteiger partial charge in [-0.2, -0.15) is 0 Å². The van der Waals surface area contributed by atoms with Crippen molar-refractivity contribution in [2.24, 2.45) is 0 Å². The highest BCUT2D eigenvalue weighted by Crippen LogP contribution is 2.15. The number of hydrogen-bond donors (Lipinski definition) is 2. The van der Waals surface area contributed by atoms with Crippen LogP contribution in [0.25, 0.3) is 0 Å². The quantitative estimate of drug-likeness (QED) is 0.742. The van der Waals surface area contributed by atoms with Crippen molar-refractivity contribution in [3.8, 4) is 0 Å². The van der Waals surface area contributed by atoms with Crippen molar-refractivity contribution >= 4 is 17.3 Å². The first-order valence-corrected chi connectivity index (χ1v) is 8.08. The third-order valence-electron chi connectivity index (χ3n) is 3.72. The molecule has 126 valence electrons. The third kappa shape index (κ3) is 4.64. The number of nitrogens with one attached hydrogen (secondary N) is 2. The van der Waals surface area contributed by atoms with Gasteiger partial charge in [-0.1, -0.05) is 6.07 Å². The van der Waals surface area contributed by atoms with Crippen molar-refractivity contribution in [1.29, 1.82) is 0 Å². The van der Waals surface area contributed by atoms with E-state index in [4.69, 9.17) is 0 Å². The summed E-state index contributed by atoms with van der Waals surface area (Å²) in [6, 6.07) is 13.4. The number of carbonyl (C=O) groups is 1. The molecule has 1 amide bonds. The molecular weight excluding hydrogens is 312 g/mol. The molecule has 0 radical (unpaired) electrons. The summed E-state index contributed by atoms with van der Waals surface area (Å²) < 4.78 is 0. The molecule has 0 bridgehead atoms. The summed E-state index contributed by atoms with van der Waals surface area (Å²) in [6.07, 6.45) is 5.18. The summed E-state index contributed by atoms with van der Waals surface area (Å²) in [5.41, 5.74) is 5.38. The molecule has 0 aliphatic heterocycles. The zero-order valence-electron chi connectivity index (χ0n) is 14.3. The molecule has 2 aromatic heterocycles. The van der Waals surface area contributed by atoms with Crippen LogP contribution in [0.2, 0.25) is 0 Å². The van der Waals surface area contributed by atoms with Gasteiger partial charge in [-0.15, -0.1) is 0 Å². The Morgan fingerprint density at radius 3 is 2.32 bits per heavy atom. The fraction of sp³-hybridized carbons (Fsp3) is 0.150. The molecule has 0 fully saturated rings. The monoisotopic (exact) mass is 332 g/mol. The molecule has 2 N–H and O–H groups in total. The first kappa shape index (κ1) is 16.6. The number of nitrogens with zero attached hydrogens (tertiary/aromatic N) is 2. The summed E-state index contributed by atoms with van der Waals surface area (Å²) in [5, 5.41) is 6.16. The smallest absolute Gasteiger partial charge is 0.274 e. The molecule has 0 saturated heterocycles. The molecule has 0 aliphatic rings. The fourth-order valence-corrected chi connectivity index (χ4v) is 2.58. The molecule has 3 rings (SSSR count). The molecule has 0 unspecified atom stereocenters. The number of anilines is 2. The zero-order chi connectivity index (χ0) is 17.6. The van der Waals surface area contributed by atoms with Crippen LogP contribution < -0.4 is 10.6 Å². The summed E-state index contributed by atoms with van der Waals surface area (Å²) >= 11 is 0. The van der Waals surface area contributed by atoms with Gasteiger partial charge in [0.2, 0.25) is 0 Å². The van der Waals surface area contributed by atoms with Gasteiger partial charge in [0.05, 0.1) is 11.9 Å². The lowest BCUT2D eigenvalue weighted by Gasteiger charge is -2.09. The Morgan fingerprint density at radius 2 is 1.68 bits per heavy atom. The van der Waals surface area contributed by atoms with E-state index in [0.717, 1.165) is 28.1 Å². The molecule has 25 heavy (non-hydrogen) atoms. The van der Waals surface area contributed by atoms with Gasteiger partial charge >= 0.3 is 0 Å². The van der Waals surface area contributed by atoms with Crippen LogP contribution in [0.3, 0.4) is 0 Å². The van der Waals surface area contributed by atoms with E-state index in [2.05, 4.69) is 26.7 Å². The highest BCUT2D eigenvalue weighted by atomic mass is 16.1. The summed E-state index contributed by atoms with van der Waals surface area (Å²) in [7, 11) is 0. The Kier molecular flexibility index (Phi) is 5.04. The van der Waals surface area contributed by atoms with Gasteiger partial charge in [-0.05, 0) is 66.9 Å². The maximum Gasteiger partial charge on any atom is 0.274 e. The van der Waals surface area contributed by atoms with Crippen LogP contribution in [0.5, 0.6) is 0 Å². The predicted molar refractivity (Wildman–Crippen MR) is 99.7 cm³/mol. The van der Waals surface area contributed by atoms with Crippen molar-refractivity contribution in [3.63, 3.8) is 0 Å². The number of aryl methyl sites for hydroxylation is 2. The topological polar surface area (TPSA) is 66.9 Å². The van der Waals surface area contributed by atoms with Gasteiger partial charge in [0.1, 0.15) is 5.69 Å². The van der Waals surface area contributed by atoms with Crippen LogP contribution in [0.4, 0.5) is 11.4 Å². The van der Waals surface area contributed by atoms with Gasteiger partial charge in [0, 0.05) is 24.6 Å². The van der Waals surface area contributed by atoms with Gasteiger partial charge in [0.25, 0.3) is 5.91 Å². The zero-order valence-corrected chi connectivity index (χ0v) is 14.3. The van der Waals surface area contributed by atoms with Crippen molar-refractivity contribution in [3.05, 3.63) is 83.4 Å². The van der Waals surface area contributed by atoms with Crippen molar-refractivity contribution < 1.29 is 4.79 Å². The Hall–Kier alpha value is -3.21. The molecule has 2 heterocycles. The van der Waals surface area contributed by atoms with Crippen LogP contribution in [0.1, 0.15) is 27.2 Å². The summed E-state index contributed by atoms with van der Waals surface area (Å²) in [6.45, 7) is 4.69. The molecule has 5 heteroatoms. The van der Waals surface area contributed by atoms with E-state index >= 15 is 0 Å². The maximum atomic E-state index is 12.3. The van der Waals surface area contributed by atoms with Crippen LogP contribution >= 0.6 is 0 Å². The van der Waals surface area contributed by atoms with E-state index in [1.54, 1.807) is 24.7 Å². The number of amides is 1. The molecule has 0 atom stereocenters. The average molecular weight is 332 g/mol. The van der Waals surface area contributed by atoms with E-state index in [1.807, 2.05) is 44.2 Å². The van der Waals surface area contributed by atoms with E-state index in [-0.39, 0.29) is 5.91 Å². The lowest BCUT2D eigenvalue weighted by Crippen LogP contribution is -2.14. The number of rotatable bonds is 5. The second-order valence-corrected chi connectivity index (χ2v) is 5.97. The van der Waals surface area contributed by atoms with Gasteiger partial charge < -0.3 is 10.6 Å². The number of pyridine rings is 2.